The number of carbonyl (C=O) groups excluding carboxylic acids is 1. The topological polar surface area (TPSA) is 81.1 Å². The van der Waals surface area contributed by atoms with Gasteiger partial charge in [0.15, 0.2) is 15.0 Å². The summed E-state index contributed by atoms with van der Waals surface area (Å²) in [4.78, 5) is 17.3. The standard InChI is InChI=1S/C13H13N3O3S2/c1-9-11(15-13(20-9)16-5-2-3-6-16)12(17)14-10-4-7-21(18,19)8-10/h2-7,10H,8H2,1H3,(H,14,17). The van der Waals surface area contributed by atoms with Crippen molar-refractivity contribution in [2.24, 2.45) is 0 Å². The predicted molar refractivity (Wildman–Crippen MR) is 80.4 cm³/mol. The number of thiazole rings is 1. The molecule has 110 valence electrons. The molecule has 1 amide bonds. The second kappa shape index (κ2) is 5.12. The molecule has 3 heterocycles. The highest BCUT2D eigenvalue weighted by atomic mass is 32.2. The van der Waals surface area contributed by atoms with E-state index in [1.807, 2.05) is 36.0 Å². The molecular formula is C13H13N3O3S2. The van der Waals surface area contributed by atoms with Crippen molar-refractivity contribution in [1.29, 1.82) is 0 Å². The summed E-state index contributed by atoms with van der Waals surface area (Å²) >= 11 is 1.41. The summed E-state index contributed by atoms with van der Waals surface area (Å²) in [6.07, 6.45) is 5.19. The van der Waals surface area contributed by atoms with Gasteiger partial charge in [-0.05, 0) is 25.1 Å². The van der Waals surface area contributed by atoms with Crippen LogP contribution in [-0.2, 0) is 9.84 Å². The van der Waals surface area contributed by atoms with Gasteiger partial charge in [-0.2, -0.15) is 0 Å². The lowest BCUT2D eigenvalue weighted by molar-refractivity contribution is 0.0943. The lowest BCUT2D eigenvalue weighted by Crippen LogP contribution is -2.36. The number of hydrogen-bond acceptors (Lipinski definition) is 5. The maximum Gasteiger partial charge on any atom is 0.271 e. The molecule has 2 aromatic heterocycles. The van der Waals surface area contributed by atoms with Gasteiger partial charge < -0.3 is 9.88 Å². The van der Waals surface area contributed by atoms with Gasteiger partial charge in [-0.1, -0.05) is 0 Å². The Morgan fingerprint density at radius 1 is 1.43 bits per heavy atom. The molecule has 0 saturated heterocycles. The quantitative estimate of drug-likeness (QED) is 0.922. The SMILES string of the molecule is Cc1sc(-n2cccc2)nc1C(=O)NC1C=CS(=O)(=O)C1. The lowest BCUT2D eigenvalue weighted by atomic mass is 10.3. The minimum atomic E-state index is -3.18. The first-order valence-corrected chi connectivity index (χ1v) is 8.80. The van der Waals surface area contributed by atoms with Crippen molar-refractivity contribution < 1.29 is 13.2 Å². The van der Waals surface area contributed by atoms with E-state index in [1.165, 1.54) is 17.4 Å². The molecule has 21 heavy (non-hydrogen) atoms. The molecule has 0 radical (unpaired) electrons. The number of aryl methyl sites for hydroxylation is 1. The Kier molecular flexibility index (Phi) is 3.42. The molecule has 1 atom stereocenters. The Balaban J connectivity index is 1.78. The maximum atomic E-state index is 12.2. The molecule has 8 heteroatoms. The third-order valence-corrected chi connectivity index (χ3v) is 5.45. The molecule has 0 spiro atoms. The van der Waals surface area contributed by atoms with Gasteiger partial charge in [-0.3, -0.25) is 4.79 Å². The average Bonchev–Trinajstić information content (AvgIpc) is 3.09. The van der Waals surface area contributed by atoms with Gasteiger partial charge in [-0.15, -0.1) is 11.3 Å². The molecule has 2 aromatic rings. The molecule has 1 N–H and O–H groups in total. The number of hydrogen-bond donors (Lipinski definition) is 1. The van der Waals surface area contributed by atoms with Crippen LogP contribution in [0.5, 0.6) is 0 Å². The van der Waals surface area contributed by atoms with Crippen molar-refractivity contribution in [1.82, 2.24) is 14.9 Å². The van der Waals surface area contributed by atoms with Gasteiger partial charge in [0, 0.05) is 22.7 Å². The van der Waals surface area contributed by atoms with Crippen molar-refractivity contribution in [3.8, 4) is 5.13 Å². The van der Waals surface area contributed by atoms with Crippen LogP contribution >= 0.6 is 11.3 Å². The molecule has 3 rings (SSSR count). The normalized spacial score (nSPS) is 19.8. The largest absolute Gasteiger partial charge is 0.343 e. The number of nitrogens with one attached hydrogen (secondary N) is 1. The zero-order valence-electron chi connectivity index (χ0n) is 11.2. The van der Waals surface area contributed by atoms with Crippen molar-refractivity contribution in [2.75, 3.05) is 5.75 Å². The minimum absolute atomic E-state index is 0.0909. The van der Waals surface area contributed by atoms with Crippen molar-refractivity contribution in [3.05, 3.63) is 46.6 Å². The van der Waals surface area contributed by atoms with Crippen LogP contribution in [0.1, 0.15) is 15.4 Å². The predicted octanol–water partition coefficient (Wildman–Crippen LogP) is 1.28. The number of carbonyl (C=O) groups is 1. The van der Waals surface area contributed by atoms with E-state index in [0.717, 1.165) is 10.3 Å². The Bertz CT molecular complexity index is 804. The van der Waals surface area contributed by atoms with Gasteiger partial charge >= 0.3 is 0 Å². The molecule has 0 bridgehead atoms. The summed E-state index contributed by atoms with van der Waals surface area (Å²) in [5.41, 5.74) is 0.335. The van der Waals surface area contributed by atoms with Crippen LogP contribution < -0.4 is 5.32 Å². The van der Waals surface area contributed by atoms with E-state index >= 15 is 0 Å². The highest BCUT2D eigenvalue weighted by Gasteiger charge is 2.25. The lowest BCUT2D eigenvalue weighted by Gasteiger charge is -2.08. The van der Waals surface area contributed by atoms with E-state index in [0.29, 0.717) is 10.8 Å². The summed E-state index contributed by atoms with van der Waals surface area (Å²) in [5.74, 6) is -0.444. The van der Waals surface area contributed by atoms with E-state index in [-0.39, 0.29) is 11.7 Å². The first-order valence-electron chi connectivity index (χ1n) is 6.27. The second-order valence-corrected chi connectivity index (χ2v) is 7.84. The molecule has 1 unspecified atom stereocenters. The van der Waals surface area contributed by atoms with Crippen molar-refractivity contribution in [3.63, 3.8) is 0 Å². The van der Waals surface area contributed by atoms with Crippen molar-refractivity contribution >= 4 is 27.1 Å². The van der Waals surface area contributed by atoms with E-state index in [9.17, 15) is 13.2 Å². The molecule has 0 saturated carbocycles. The molecule has 6 nitrogen and oxygen atoms in total. The minimum Gasteiger partial charge on any atom is -0.343 e. The Labute approximate surface area is 126 Å². The Hall–Kier alpha value is -1.93. The van der Waals surface area contributed by atoms with E-state index in [2.05, 4.69) is 10.3 Å². The number of rotatable bonds is 3. The number of nitrogens with zero attached hydrogens (tertiary/aromatic N) is 2. The highest BCUT2D eigenvalue weighted by molar-refractivity contribution is 7.94. The Morgan fingerprint density at radius 2 is 2.14 bits per heavy atom. The maximum absolute atomic E-state index is 12.2. The Morgan fingerprint density at radius 3 is 2.76 bits per heavy atom. The molecule has 0 fully saturated rings. The monoisotopic (exact) mass is 323 g/mol. The van der Waals surface area contributed by atoms with Gasteiger partial charge in [0.25, 0.3) is 5.91 Å². The molecule has 1 aliphatic heterocycles. The molecule has 1 aliphatic rings. The number of amides is 1. The van der Waals surface area contributed by atoms with Gasteiger partial charge in [0.2, 0.25) is 0 Å². The summed E-state index contributed by atoms with van der Waals surface area (Å²) < 4.78 is 24.5. The molecule has 0 aromatic carbocycles. The fraction of sp³-hybridized carbons (Fsp3) is 0.231. The molecule has 0 aliphatic carbocycles. The van der Waals surface area contributed by atoms with Gasteiger partial charge in [-0.25, -0.2) is 13.4 Å². The van der Waals surface area contributed by atoms with Crippen LogP contribution in [0, 0.1) is 6.92 Å². The highest BCUT2D eigenvalue weighted by Crippen LogP contribution is 2.21. The van der Waals surface area contributed by atoms with Crippen LogP contribution in [0.15, 0.2) is 36.0 Å². The summed E-state index contributed by atoms with van der Waals surface area (Å²) in [6.45, 7) is 1.82. The third-order valence-electron chi connectivity index (χ3n) is 3.07. The average molecular weight is 323 g/mol. The number of aromatic nitrogens is 2. The van der Waals surface area contributed by atoms with Crippen LogP contribution in [0.2, 0.25) is 0 Å². The number of sulfone groups is 1. The summed E-state index contributed by atoms with van der Waals surface area (Å²) in [5, 5.41) is 4.52. The zero-order valence-corrected chi connectivity index (χ0v) is 12.8. The summed E-state index contributed by atoms with van der Waals surface area (Å²) in [7, 11) is -3.18. The van der Waals surface area contributed by atoms with Crippen LogP contribution in [-0.4, -0.2) is 35.7 Å². The van der Waals surface area contributed by atoms with Crippen molar-refractivity contribution in [2.45, 2.75) is 13.0 Å². The fourth-order valence-electron chi connectivity index (χ4n) is 2.07. The zero-order chi connectivity index (χ0) is 15.0. The van der Waals surface area contributed by atoms with E-state index in [4.69, 9.17) is 0 Å². The van der Waals surface area contributed by atoms with E-state index < -0.39 is 15.9 Å². The van der Waals surface area contributed by atoms with Crippen LogP contribution in [0.4, 0.5) is 0 Å². The molecular weight excluding hydrogens is 310 g/mol. The van der Waals surface area contributed by atoms with Crippen LogP contribution in [0.3, 0.4) is 0 Å². The first-order chi connectivity index (χ1) is 9.94. The second-order valence-electron chi connectivity index (χ2n) is 4.73. The summed E-state index contributed by atoms with van der Waals surface area (Å²) in [6, 6.07) is 3.27. The fourth-order valence-corrected chi connectivity index (χ4v) is 4.18. The first kappa shape index (κ1) is 14.0. The van der Waals surface area contributed by atoms with Gasteiger partial charge in [0.05, 0.1) is 11.8 Å². The van der Waals surface area contributed by atoms with E-state index in [1.54, 1.807) is 0 Å². The van der Waals surface area contributed by atoms with Gasteiger partial charge in [0.1, 0.15) is 5.69 Å². The smallest absolute Gasteiger partial charge is 0.271 e. The van der Waals surface area contributed by atoms with Crippen LogP contribution in [0.25, 0.3) is 5.13 Å². The third kappa shape index (κ3) is 2.91.